The lowest BCUT2D eigenvalue weighted by atomic mass is 10.5. The number of rotatable bonds is 8. The Morgan fingerprint density at radius 2 is 1.93 bits per heavy atom. The van der Waals surface area contributed by atoms with Gasteiger partial charge in [0.1, 0.15) is 12.9 Å². The van der Waals surface area contributed by atoms with Crippen LogP contribution >= 0.6 is 0 Å². The molecule has 0 aromatic carbocycles. The minimum Gasteiger partial charge on any atom is -0.377 e. The fourth-order valence-electron chi connectivity index (χ4n) is 1.31. The predicted molar refractivity (Wildman–Crippen MR) is 56.5 cm³/mol. The second kappa shape index (κ2) is 5.93. The van der Waals surface area contributed by atoms with Gasteiger partial charge < -0.3 is 22.8 Å². The first-order chi connectivity index (χ1) is 7.14. The first-order valence-electron chi connectivity index (χ1n) is 5.08. The molecular weight excluding hydrogens is 216 g/mol. The summed E-state index contributed by atoms with van der Waals surface area (Å²) in [5.74, 6) is 0. The molecule has 1 unspecified atom stereocenters. The largest absolute Gasteiger partial charge is 0.504 e. The van der Waals surface area contributed by atoms with Gasteiger partial charge in [0.15, 0.2) is 0 Å². The van der Waals surface area contributed by atoms with Gasteiger partial charge in [-0.25, -0.2) is 0 Å². The van der Waals surface area contributed by atoms with Crippen LogP contribution in [0.15, 0.2) is 0 Å². The highest BCUT2D eigenvalue weighted by Gasteiger charge is 2.43. The minimum absolute atomic E-state index is 0.200. The fourth-order valence-corrected chi connectivity index (χ4v) is 3.23. The molecule has 1 fully saturated rings. The molecule has 1 aliphatic rings. The smallest absolute Gasteiger partial charge is 0.377 e. The highest BCUT2D eigenvalue weighted by molar-refractivity contribution is 6.62. The predicted octanol–water partition coefficient (Wildman–Crippen LogP) is 1.02. The molecule has 0 aliphatic carbocycles. The summed E-state index contributed by atoms with van der Waals surface area (Å²) >= 11 is 0. The van der Waals surface area contributed by atoms with Crippen LogP contribution in [0.1, 0.15) is 13.8 Å². The van der Waals surface area contributed by atoms with E-state index in [-0.39, 0.29) is 18.4 Å². The average molecular weight is 236 g/mol. The molecule has 1 saturated heterocycles. The Morgan fingerprint density at radius 3 is 2.33 bits per heavy atom. The van der Waals surface area contributed by atoms with Crippen LogP contribution in [-0.4, -0.2) is 49.1 Å². The second-order valence-electron chi connectivity index (χ2n) is 3.75. The number of hydrogen-bond acceptors (Lipinski definition) is 5. The van der Waals surface area contributed by atoms with E-state index in [1.54, 1.807) is 14.2 Å². The SMILES string of the molecule is CO[Si](OC)(OCOCC1CO1)C(C)C. The molecule has 90 valence electrons. The lowest BCUT2D eigenvalue weighted by Gasteiger charge is -2.29. The molecule has 0 aromatic rings. The van der Waals surface area contributed by atoms with Crippen LogP contribution < -0.4 is 0 Å². The summed E-state index contributed by atoms with van der Waals surface area (Å²) in [5, 5.41) is 0. The highest BCUT2D eigenvalue weighted by Crippen LogP contribution is 2.23. The molecule has 6 heteroatoms. The molecular formula is C9H20O5Si. The van der Waals surface area contributed by atoms with Crippen LogP contribution in [0.4, 0.5) is 0 Å². The Balaban J connectivity index is 2.22. The Labute approximate surface area is 92.0 Å². The maximum absolute atomic E-state index is 5.58. The summed E-state index contributed by atoms with van der Waals surface area (Å²) in [6.45, 7) is 5.61. The molecule has 0 spiro atoms. The first-order valence-corrected chi connectivity index (χ1v) is 6.88. The van der Waals surface area contributed by atoms with Gasteiger partial charge in [-0.3, -0.25) is 0 Å². The van der Waals surface area contributed by atoms with Crippen molar-refractivity contribution in [2.24, 2.45) is 0 Å². The summed E-state index contributed by atoms with van der Waals surface area (Å²) in [5.41, 5.74) is 0.216. The zero-order valence-corrected chi connectivity index (χ0v) is 10.8. The number of epoxide rings is 1. The molecule has 0 N–H and O–H groups in total. The van der Waals surface area contributed by atoms with Gasteiger partial charge in [-0.15, -0.1) is 0 Å². The van der Waals surface area contributed by atoms with Gasteiger partial charge in [0.25, 0.3) is 0 Å². The van der Waals surface area contributed by atoms with Crippen molar-refractivity contribution in [1.29, 1.82) is 0 Å². The Bertz CT molecular complexity index is 179. The fraction of sp³-hybridized carbons (Fsp3) is 1.00. The van der Waals surface area contributed by atoms with Gasteiger partial charge in [0, 0.05) is 19.8 Å². The zero-order chi connectivity index (χ0) is 11.3. The van der Waals surface area contributed by atoms with Crippen molar-refractivity contribution in [1.82, 2.24) is 0 Å². The molecule has 1 aliphatic heterocycles. The van der Waals surface area contributed by atoms with Crippen LogP contribution in [0, 0.1) is 0 Å². The maximum atomic E-state index is 5.58. The average Bonchev–Trinajstić information content (AvgIpc) is 3.02. The third kappa shape index (κ3) is 3.82. The zero-order valence-electron chi connectivity index (χ0n) is 9.82. The van der Waals surface area contributed by atoms with Gasteiger partial charge in [0.05, 0.1) is 13.2 Å². The van der Waals surface area contributed by atoms with Crippen LogP contribution in [-0.2, 0) is 22.8 Å². The first kappa shape index (κ1) is 13.1. The van der Waals surface area contributed by atoms with Crippen LogP contribution in [0.3, 0.4) is 0 Å². The third-order valence-corrected chi connectivity index (χ3v) is 5.40. The Kier molecular flexibility index (Phi) is 5.17. The maximum Gasteiger partial charge on any atom is 0.504 e. The van der Waals surface area contributed by atoms with Crippen molar-refractivity contribution in [3.05, 3.63) is 0 Å². The van der Waals surface area contributed by atoms with E-state index >= 15 is 0 Å². The van der Waals surface area contributed by atoms with E-state index in [0.717, 1.165) is 6.61 Å². The van der Waals surface area contributed by atoms with Crippen molar-refractivity contribution in [2.45, 2.75) is 25.5 Å². The van der Waals surface area contributed by atoms with Gasteiger partial charge in [-0.1, -0.05) is 13.8 Å². The molecule has 0 amide bonds. The summed E-state index contributed by atoms with van der Waals surface area (Å²) in [6, 6.07) is 0. The van der Waals surface area contributed by atoms with E-state index in [2.05, 4.69) is 0 Å². The van der Waals surface area contributed by atoms with Gasteiger partial charge >= 0.3 is 8.80 Å². The summed E-state index contributed by atoms with van der Waals surface area (Å²) < 4.78 is 26.6. The molecule has 1 atom stereocenters. The van der Waals surface area contributed by atoms with E-state index in [4.69, 9.17) is 22.8 Å². The molecule has 15 heavy (non-hydrogen) atoms. The van der Waals surface area contributed by atoms with Gasteiger partial charge in [-0.2, -0.15) is 0 Å². The van der Waals surface area contributed by atoms with Crippen LogP contribution in [0.2, 0.25) is 5.54 Å². The molecule has 1 heterocycles. The molecule has 5 nitrogen and oxygen atoms in total. The third-order valence-electron chi connectivity index (χ3n) is 2.33. The van der Waals surface area contributed by atoms with Crippen LogP contribution in [0.25, 0.3) is 0 Å². The van der Waals surface area contributed by atoms with Crippen molar-refractivity contribution >= 4 is 8.80 Å². The van der Waals surface area contributed by atoms with Gasteiger partial charge in [-0.05, 0) is 0 Å². The molecule has 0 bridgehead atoms. The van der Waals surface area contributed by atoms with E-state index in [9.17, 15) is 0 Å². The standard InChI is InChI=1S/C9H20O5Si/c1-8(2)15(10-3,11-4)14-7-12-5-9-6-13-9/h8-9H,5-7H2,1-4H3. The monoisotopic (exact) mass is 236 g/mol. The number of ether oxygens (including phenoxy) is 2. The van der Waals surface area contributed by atoms with Gasteiger partial charge in [0.2, 0.25) is 0 Å². The second-order valence-corrected chi connectivity index (χ2v) is 7.22. The topological polar surface area (TPSA) is 49.5 Å². The van der Waals surface area contributed by atoms with Crippen molar-refractivity contribution in [2.75, 3.05) is 34.2 Å². The van der Waals surface area contributed by atoms with Crippen LogP contribution in [0.5, 0.6) is 0 Å². The molecule has 0 radical (unpaired) electrons. The Hall–Kier alpha value is 0.0169. The van der Waals surface area contributed by atoms with Crippen molar-refractivity contribution < 1.29 is 22.8 Å². The summed E-state index contributed by atoms with van der Waals surface area (Å²) in [7, 11) is 0.683. The van der Waals surface area contributed by atoms with E-state index < -0.39 is 8.80 Å². The lowest BCUT2D eigenvalue weighted by Crippen LogP contribution is -2.47. The quantitative estimate of drug-likeness (QED) is 0.272. The summed E-state index contributed by atoms with van der Waals surface area (Å²) in [4.78, 5) is 0. The van der Waals surface area contributed by atoms with E-state index in [1.165, 1.54) is 0 Å². The summed E-state index contributed by atoms with van der Waals surface area (Å²) in [6.07, 6.45) is 0.258. The lowest BCUT2D eigenvalue weighted by molar-refractivity contribution is -0.0395. The number of hydrogen-bond donors (Lipinski definition) is 0. The van der Waals surface area contributed by atoms with Crippen molar-refractivity contribution in [3.8, 4) is 0 Å². The molecule has 1 rings (SSSR count). The van der Waals surface area contributed by atoms with E-state index in [1.807, 2.05) is 13.8 Å². The highest BCUT2D eigenvalue weighted by atomic mass is 28.4. The minimum atomic E-state index is -2.54. The molecule has 0 aromatic heterocycles. The molecule has 0 saturated carbocycles. The van der Waals surface area contributed by atoms with E-state index in [0.29, 0.717) is 6.61 Å². The normalized spacial score (nSPS) is 21.0. The Morgan fingerprint density at radius 1 is 1.33 bits per heavy atom. The van der Waals surface area contributed by atoms with Crippen molar-refractivity contribution in [3.63, 3.8) is 0 Å².